The Hall–Kier alpha value is -0.610. The zero-order chi connectivity index (χ0) is 10.8. The van der Waals surface area contributed by atoms with Crippen molar-refractivity contribution in [1.82, 2.24) is 4.90 Å². The van der Waals surface area contributed by atoms with Gasteiger partial charge in [-0.2, -0.15) is 0 Å². The van der Waals surface area contributed by atoms with Crippen LogP contribution in [0.1, 0.15) is 32.1 Å². The van der Waals surface area contributed by atoms with E-state index in [1.165, 1.54) is 25.7 Å². The van der Waals surface area contributed by atoms with Gasteiger partial charge in [-0.05, 0) is 31.6 Å². The number of carbonyl (C=O) groups excluding carboxylic acids is 1. The maximum absolute atomic E-state index is 11.0. The highest BCUT2D eigenvalue weighted by atomic mass is 16.1. The molecular weight excluding hydrogens is 190 g/mol. The molecule has 15 heavy (non-hydrogen) atoms. The largest absolute Gasteiger partial charge is 0.370 e. The Morgan fingerprint density at radius 1 is 1.33 bits per heavy atom. The number of rotatable bonds is 7. The van der Waals surface area contributed by atoms with Crippen molar-refractivity contribution >= 4 is 5.91 Å². The minimum absolute atomic E-state index is 0.176. The first-order valence-electron chi connectivity index (χ1n) is 5.94. The van der Waals surface area contributed by atoms with Gasteiger partial charge in [0.25, 0.3) is 0 Å². The van der Waals surface area contributed by atoms with Crippen LogP contribution in [-0.4, -0.2) is 36.0 Å². The van der Waals surface area contributed by atoms with Crippen LogP contribution in [0.4, 0.5) is 0 Å². The first-order chi connectivity index (χ1) is 7.20. The van der Waals surface area contributed by atoms with Crippen LogP contribution in [0, 0.1) is 5.92 Å². The maximum atomic E-state index is 11.0. The lowest BCUT2D eigenvalue weighted by Crippen LogP contribution is -2.45. The summed E-state index contributed by atoms with van der Waals surface area (Å²) in [5.74, 6) is 0.624. The quantitative estimate of drug-likeness (QED) is 0.625. The van der Waals surface area contributed by atoms with Gasteiger partial charge in [0.2, 0.25) is 5.91 Å². The van der Waals surface area contributed by atoms with Crippen LogP contribution in [0.5, 0.6) is 0 Å². The van der Waals surface area contributed by atoms with Gasteiger partial charge in [0, 0.05) is 31.6 Å². The van der Waals surface area contributed by atoms with Crippen molar-refractivity contribution in [3.63, 3.8) is 0 Å². The van der Waals surface area contributed by atoms with E-state index in [0.717, 1.165) is 12.5 Å². The second-order valence-electron chi connectivity index (χ2n) is 4.93. The molecule has 0 spiro atoms. The SMILES string of the molecule is NCC(CC(N)=O)N(CC1CC1)C1CC1. The number of nitrogens with two attached hydrogens (primary N) is 2. The van der Waals surface area contributed by atoms with Crippen molar-refractivity contribution in [3.05, 3.63) is 0 Å². The molecule has 4 heteroatoms. The summed E-state index contributed by atoms with van der Waals surface area (Å²) >= 11 is 0. The van der Waals surface area contributed by atoms with Crippen LogP contribution in [0.2, 0.25) is 0 Å². The molecule has 0 aromatic heterocycles. The van der Waals surface area contributed by atoms with Crippen LogP contribution in [0.25, 0.3) is 0 Å². The first-order valence-corrected chi connectivity index (χ1v) is 5.94. The average Bonchev–Trinajstić information content (AvgIpc) is 3.00. The molecule has 0 aromatic carbocycles. The summed E-state index contributed by atoms with van der Waals surface area (Å²) in [5, 5.41) is 0. The molecule has 4 nitrogen and oxygen atoms in total. The topological polar surface area (TPSA) is 72.3 Å². The van der Waals surface area contributed by atoms with Crippen LogP contribution < -0.4 is 11.5 Å². The van der Waals surface area contributed by atoms with E-state index in [2.05, 4.69) is 4.90 Å². The summed E-state index contributed by atoms with van der Waals surface area (Å²) in [6.07, 6.45) is 5.64. The van der Waals surface area contributed by atoms with Gasteiger partial charge in [-0.3, -0.25) is 9.69 Å². The van der Waals surface area contributed by atoms with Crippen molar-refractivity contribution in [1.29, 1.82) is 0 Å². The Labute approximate surface area is 91.0 Å². The Morgan fingerprint density at radius 2 is 2.00 bits per heavy atom. The molecule has 2 aliphatic rings. The van der Waals surface area contributed by atoms with E-state index >= 15 is 0 Å². The average molecular weight is 211 g/mol. The van der Waals surface area contributed by atoms with E-state index in [4.69, 9.17) is 11.5 Å². The van der Waals surface area contributed by atoms with Gasteiger partial charge in [0.1, 0.15) is 0 Å². The monoisotopic (exact) mass is 211 g/mol. The van der Waals surface area contributed by atoms with E-state index in [-0.39, 0.29) is 11.9 Å². The standard InChI is InChI=1S/C11H21N3O/c12-6-10(5-11(13)15)14(9-3-4-9)7-8-1-2-8/h8-10H,1-7,12H2,(H2,13,15). The molecule has 1 atom stereocenters. The van der Waals surface area contributed by atoms with E-state index < -0.39 is 0 Å². The number of carbonyl (C=O) groups is 1. The zero-order valence-corrected chi connectivity index (χ0v) is 9.19. The fraction of sp³-hybridized carbons (Fsp3) is 0.909. The molecule has 2 aliphatic carbocycles. The van der Waals surface area contributed by atoms with Crippen LogP contribution >= 0.6 is 0 Å². The lowest BCUT2D eigenvalue weighted by Gasteiger charge is -2.30. The van der Waals surface area contributed by atoms with Gasteiger partial charge in [0.15, 0.2) is 0 Å². The number of amides is 1. The molecule has 0 bridgehead atoms. The normalized spacial score (nSPS) is 23.1. The molecule has 0 aliphatic heterocycles. The van der Waals surface area contributed by atoms with Crippen LogP contribution in [-0.2, 0) is 4.79 Å². The van der Waals surface area contributed by atoms with Crippen molar-refractivity contribution in [2.45, 2.75) is 44.2 Å². The van der Waals surface area contributed by atoms with Gasteiger partial charge in [-0.1, -0.05) is 0 Å². The third-order valence-corrected chi connectivity index (χ3v) is 3.36. The van der Waals surface area contributed by atoms with Crippen molar-refractivity contribution in [2.24, 2.45) is 17.4 Å². The fourth-order valence-corrected chi connectivity index (χ4v) is 2.17. The highest BCUT2D eigenvalue weighted by Crippen LogP contribution is 2.36. The predicted octanol–water partition coefficient (Wildman–Crippen LogP) is 0.0635. The Kier molecular flexibility index (Phi) is 3.26. The van der Waals surface area contributed by atoms with Gasteiger partial charge in [0.05, 0.1) is 0 Å². The van der Waals surface area contributed by atoms with Crippen molar-refractivity contribution < 1.29 is 4.79 Å². The first kappa shape index (κ1) is 10.9. The molecular formula is C11H21N3O. The number of hydrogen-bond acceptors (Lipinski definition) is 3. The molecule has 2 fully saturated rings. The Morgan fingerprint density at radius 3 is 2.40 bits per heavy atom. The minimum Gasteiger partial charge on any atom is -0.370 e. The summed E-state index contributed by atoms with van der Waals surface area (Å²) in [6.45, 7) is 1.67. The molecule has 86 valence electrons. The molecule has 1 unspecified atom stereocenters. The summed E-state index contributed by atoms with van der Waals surface area (Å²) in [5.41, 5.74) is 11.0. The summed E-state index contributed by atoms with van der Waals surface area (Å²) in [4.78, 5) is 13.4. The van der Waals surface area contributed by atoms with Gasteiger partial charge in [-0.15, -0.1) is 0 Å². The second-order valence-corrected chi connectivity index (χ2v) is 4.93. The number of nitrogens with zero attached hydrogens (tertiary/aromatic N) is 1. The molecule has 0 aromatic rings. The highest BCUT2D eigenvalue weighted by Gasteiger charge is 2.37. The highest BCUT2D eigenvalue weighted by molar-refractivity contribution is 5.74. The van der Waals surface area contributed by atoms with Gasteiger partial charge < -0.3 is 11.5 Å². The van der Waals surface area contributed by atoms with Gasteiger partial charge in [-0.25, -0.2) is 0 Å². The van der Waals surface area contributed by atoms with Gasteiger partial charge >= 0.3 is 0 Å². The number of primary amides is 1. The fourth-order valence-electron chi connectivity index (χ4n) is 2.17. The lowest BCUT2D eigenvalue weighted by atomic mass is 10.1. The summed E-state index contributed by atoms with van der Waals surface area (Å²) < 4.78 is 0. The molecule has 0 heterocycles. The minimum atomic E-state index is -0.230. The van der Waals surface area contributed by atoms with E-state index in [9.17, 15) is 4.79 Å². The molecule has 0 radical (unpaired) electrons. The zero-order valence-electron chi connectivity index (χ0n) is 9.19. The van der Waals surface area contributed by atoms with Crippen molar-refractivity contribution in [2.75, 3.05) is 13.1 Å². The number of hydrogen-bond donors (Lipinski definition) is 2. The lowest BCUT2D eigenvalue weighted by molar-refractivity contribution is -0.119. The molecule has 2 rings (SSSR count). The van der Waals surface area contributed by atoms with Crippen LogP contribution in [0.3, 0.4) is 0 Å². The smallest absolute Gasteiger partial charge is 0.219 e. The maximum Gasteiger partial charge on any atom is 0.219 e. The molecule has 0 saturated heterocycles. The molecule has 1 amide bonds. The summed E-state index contributed by atoms with van der Waals surface area (Å²) in [7, 11) is 0. The third-order valence-electron chi connectivity index (χ3n) is 3.36. The Bertz CT molecular complexity index is 236. The molecule has 2 saturated carbocycles. The Balaban J connectivity index is 1.89. The third kappa shape index (κ3) is 3.18. The second kappa shape index (κ2) is 4.49. The molecule has 4 N–H and O–H groups in total. The summed E-state index contributed by atoms with van der Waals surface area (Å²) in [6, 6.07) is 0.856. The van der Waals surface area contributed by atoms with Crippen molar-refractivity contribution in [3.8, 4) is 0 Å². The van der Waals surface area contributed by atoms with E-state index in [1.54, 1.807) is 0 Å². The van der Waals surface area contributed by atoms with E-state index in [1.807, 2.05) is 0 Å². The predicted molar refractivity (Wildman–Crippen MR) is 59.1 cm³/mol. The van der Waals surface area contributed by atoms with E-state index in [0.29, 0.717) is 19.0 Å². The van der Waals surface area contributed by atoms with Crippen LogP contribution in [0.15, 0.2) is 0 Å².